The Labute approximate surface area is 124 Å². The smallest absolute Gasteiger partial charge is 0.255 e. The summed E-state index contributed by atoms with van der Waals surface area (Å²) in [6.07, 6.45) is 0. The minimum Gasteiger partial charge on any atom is -0.342 e. The predicted octanol–water partition coefficient (Wildman–Crippen LogP) is 3.89. The third kappa shape index (κ3) is 2.58. The van der Waals surface area contributed by atoms with Gasteiger partial charge >= 0.3 is 0 Å². The fraction of sp³-hybridized carbons (Fsp3) is 0.0667. The van der Waals surface area contributed by atoms with Gasteiger partial charge in [0.25, 0.3) is 5.91 Å². The average molecular weight is 330 g/mol. The zero-order valence-corrected chi connectivity index (χ0v) is 12.4. The molecule has 0 saturated carbocycles. The molecule has 1 heterocycles. The van der Waals surface area contributed by atoms with Crippen molar-refractivity contribution >= 4 is 38.6 Å². The molecule has 0 bridgehead atoms. The Kier molecular flexibility index (Phi) is 3.28. The highest BCUT2D eigenvalue weighted by molar-refractivity contribution is 9.10. The van der Waals surface area contributed by atoms with E-state index in [1.807, 2.05) is 37.3 Å². The van der Waals surface area contributed by atoms with Crippen LogP contribution in [0.1, 0.15) is 16.2 Å². The molecule has 0 aliphatic heterocycles. The van der Waals surface area contributed by atoms with Gasteiger partial charge in [0.2, 0.25) is 0 Å². The third-order valence-corrected chi connectivity index (χ3v) is 3.44. The van der Waals surface area contributed by atoms with E-state index in [9.17, 15) is 4.79 Å². The van der Waals surface area contributed by atoms with E-state index in [2.05, 4.69) is 31.2 Å². The average Bonchev–Trinajstić information content (AvgIpc) is 2.78. The van der Waals surface area contributed by atoms with Crippen LogP contribution in [0, 0.1) is 6.92 Å². The molecule has 0 radical (unpaired) electrons. The van der Waals surface area contributed by atoms with Crippen LogP contribution in [0.3, 0.4) is 0 Å². The van der Waals surface area contributed by atoms with E-state index in [1.54, 1.807) is 12.1 Å². The summed E-state index contributed by atoms with van der Waals surface area (Å²) in [6.45, 7) is 1.90. The topological polar surface area (TPSA) is 57.8 Å². The molecule has 4 nitrogen and oxygen atoms in total. The van der Waals surface area contributed by atoms with Crippen molar-refractivity contribution in [3.05, 3.63) is 58.3 Å². The lowest BCUT2D eigenvalue weighted by Gasteiger charge is -2.05. The molecule has 1 amide bonds. The molecule has 0 aliphatic carbocycles. The van der Waals surface area contributed by atoms with E-state index in [4.69, 9.17) is 0 Å². The normalized spacial score (nSPS) is 10.7. The number of benzene rings is 2. The van der Waals surface area contributed by atoms with Gasteiger partial charge in [-0.15, -0.1) is 0 Å². The number of halogens is 1. The van der Waals surface area contributed by atoms with Gasteiger partial charge < -0.3 is 10.3 Å². The number of imidazole rings is 1. The molecule has 20 heavy (non-hydrogen) atoms. The van der Waals surface area contributed by atoms with Gasteiger partial charge in [0, 0.05) is 15.7 Å². The Morgan fingerprint density at radius 1 is 1.25 bits per heavy atom. The number of nitrogens with zero attached hydrogens (tertiary/aromatic N) is 1. The van der Waals surface area contributed by atoms with Crippen molar-refractivity contribution in [2.45, 2.75) is 6.92 Å². The number of rotatable bonds is 2. The van der Waals surface area contributed by atoms with Crippen molar-refractivity contribution < 1.29 is 4.79 Å². The number of anilines is 1. The highest BCUT2D eigenvalue weighted by Gasteiger charge is 2.07. The van der Waals surface area contributed by atoms with Gasteiger partial charge in [-0.05, 0) is 43.3 Å². The van der Waals surface area contributed by atoms with E-state index in [0.717, 1.165) is 27.0 Å². The van der Waals surface area contributed by atoms with Crippen LogP contribution in [0.5, 0.6) is 0 Å². The van der Waals surface area contributed by atoms with Gasteiger partial charge in [-0.25, -0.2) is 4.98 Å². The maximum atomic E-state index is 12.1. The van der Waals surface area contributed by atoms with Gasteiger partial charge in [0.05, 0.1) is 11.0 Å². The van der Waals surface area contributed by atoms with Crippen molar-refractivity contribution in [2.24, 2.45) is 0 Å². The Morgan fingerprint density at radius 3 is 2.90 bits per heavy atom. The molecule has 3 aromatic rings. The fourth-order valence-electron chi connectivity index (χ4n) is 2.05. The largest absolute Gasteiger partial charge is 0.342 e. The molecule has 2 aromatic carbocycles. The second-order valence-electron chi connectivity index (χ2n) is 4.52. The second-order valence-corrected chi connectivity index (χ2v) is 5.43. The standard InChI is InChI=1S/C15H12BrN3O/c1-9-17-13-6-5-12(8-14(13)18-9)19-15(20)10-3-2-4-11(16)7-10/h2-8H,1H3,(H,17,18)(H,19,20). The van der Waals surface area contributed by atoms with Crippen molar-refractivity contribution in [2.75, 3.05) is 5.32 Å². The van der Waals surface area contributed by atoms with Gasteiger partial charge in [-0.2, -0.15) is 0 Å². The molecule has 0 saturated heterocycles. The van der Waals surface area contributed by atoms with E-state index >= 15 is 0 Å². The first-order valence-electron chi connectivity index (χ1n) is 6.15. The monoisotopic (exact) mass is 329 g/mol. The molecule has 0 aliphatic rings. The molecule has 3 rings (SSSR count). The summed E-state index contributed by atoms with van der Waals surface area (Å²) >= 11 is 3.36. The zero-order chi connectivity index (χ0) is 14.1. The van der Waals surface area contributed by atoms with Crippen molar-refractivity contribution in [3.8, 4) is 0 Å². The van der Waals surface area contributed by atoms with Gasteiger partial charge in [0.1, 0.15) is 5.82 Å². The molecule has 5 heteroatoms. The third-order valence-electron chi connectivity index (χ3n) is 2.94. The van der Waals surface area contributed by atoms with Crippen LogP contribution in [0.4, 0.5) is 5.69 Å². The number of aromatic nitrogens is 2. The first kappa shape index (κ1) is 12.9. The number of aromatic amines is 1. The fourth-order valence-corrected chi connectivity index (χ4v) is 2.45. The quantitative estimate of drug-likeness (QED) is 0.749. The van der Waals surface area contributed by atoms with Crippen LogP contribution in [0.2, 0.25) is 0 Å². The van der Waals surface area contributed by atoms with Crippen LogP contribution in [0.25, 0.3) is 11.0 Å². The molecule has 0 atom stereocenters. The first-order valence-corrected chi connectivity index (χ1v) is 6.94. The maximum absolute atomic E-state index is 12.1. The van der Waals surface area contributed by atoms with Crippen LogP contribution >= 0.6 is 15.9 Å². The summed E-state index contributed by atoms with van der Waals surface area (Å²) < 4.78 is 0.879. The minimum absolute atomic E-state index is 0.137. The zero-order valence-electron chi connectivity index (χ0n) is 10.8. The van der Waals surface area contributed by atoms with E-state index in [0.29, 0.717) is 5.56 Å². The maximum Gasteiger partial charge on any atom is 0.255 e. The molecule has 100 valence electrons. The van der Waals surface area contributed by atoms with E-state index in [1.165, 1.54) is 0 Å². The lowest BCUT2D eigenvalue weighted by atomic mass is 10.2. The summed E-state index contributed by atoms with van der Waals surface area (Å²) in [4.78, 5) is 19.6. The SMILES string of the molecule is Cc1nc2ccc(NC(=O)c3cccc(Br)c3)cc2[nH]1. The summed E-state index contributed by atoms with van der Waals surface area (Å²) in [7, 11) is 0. The van der Waals surface area contributed by atoms with E-state index < -0.39 is 0 Å². The van der Waals surface area contributed by atoms with Crippen LogP contribution < -0.4 is 5.32 Å². The van der Waals surface area contributed by atoms with Crippen LogP contribution in [0.15, 0.2) is 46.9 Å². The highest BCUT2D eigenvalue weighted by atomic mass is 79.9. The Balaban J connectivity index is 1.87. The molecular weight excluding hydrogens is 318 g/mol. The van der Waals surface area contributed by atoms with Gasteiger partial charge in [-0.3, -0.25) is 4.79 Å². The summed E-state index contributed by atoms with van der Waals surface area (Å²) in [5.74, 6) is 0.720. The Bertz CT molecular complexity index is 795. The number of carbonyl (C=O) groups excluding carboxylic acids is 1. The Hall–Kier alpha value is -2.14. The highest BCUT2D eigenvalue weighted by Crippen LogP contribution is 2.18. The lowest BCUT2D eigenvalue weighted by Crippen LogP contribution is -2.11. The number of carbonyl (C=O) groups is 1. The van der Waals surface area contributed by atoms with Gasteiger partial charge in [-0.1, -0.05) is 22.0 Å². The first-order chi connectivity index (χ1) is 9.61. The summed E-state index contributed by atoms with van der Waals surface area (Å²) in [6, 6.07) is 12.9. The predicted molar refractivity (Wildman–Crippen MR) is 82.9 cm³/mol. The molecule has 0 spiro atoms. The minimum atomic E-state index is -0.137. The van der Waals surface area contributed by atoms with Crippen molar-refractivity contribution in [1.29, 1.82) is 0 Å². The number of nitrogens with one attached hydrogen (secondary N) is 2. The number of amides is 1. The molecular formula is C15H12BrN3O. The van der Waals surface area contributed by atoms with Crippen LogP contribution in [-0.4, -0.2) is 15.9 Å². The van der Waals surface area contributed by atoms with E-state index in [-0.39, 0.29) is 5.91 Å². The number of fused-ring (bicyclic) bond motifs is 1. The van der Waals surface area contributed by atoms with Crippen molar-refractivity contribution in [1.82, 2.24) is 9.97 Å². The molecule has 0 fully saturated rings. The number of hydrogen-bond acceptors (Lipinski definition) is 2. The molecule has 0 unspecified atom stereocenters. The van der Waals surface area contributed by atoms with Crippen LogP contribution in [-0.2, 0) is 0 Å². The number of hydrogen-bond donors (Lipinski definition) is 2. The molecule has 2 N–H and O–H groups in total. The summed E-state index contributed by atoms with van der Waals surface area (Å²) in [5, 5.41) is 2.88. The van der Waals surface area contributed by atoms with Gasteiger partial charge in [0.15, 0.2) is 0 Å². The second kappa shape index (κ2) is 5.09. The number of aryl methyl sites for hydroxylation is 1. The lowest BCUT2D eigenvalue weighted by molar-refractivity contribution is 0.102. The van der Waals surface area contributed by atoms with Crippen molar-refractivity contribution in [3.63, 3.8) is 0 Å². The molecule has 1 aromatic heterocycles. The Morgan fingerprint density at radius 2 is 2.10 bits per heavy atom. The number of H-pyrrole nitrogens is 1. The summed E-state index contributed by atoms with van der Waals surface area (Å²) in [5.41, 5.74) is 3.16.